The number of nitrogen functional groups attached to an aromatic ring is 1. The van der Waals surface area contributed by atoms with Crippen LogP contribution in [0.3, 0.4) is 0 Å². The van der Waals surface area contributed by atoms with Gasteiger partial charge in [0.15, 0.2) is 0 Å². The Hall–Kier alpha value is -1.29. The van der Waals surface area contributed by atoms with Crippen LogP contribution in [-0.4, -0.2) is 43.1 Å². The molecule has 0 spiro atoms. The average molecular weight is 206 g/mol. The van der Waals surface area contributed by atoms with Crippen molar-refractivity contribution in [2.24, 2.45) is 0 Å². The molecule has 4 nitrogen and oxygen atoms in total. The van der Waals surface area contributed by atoms with Gasteiger partial charge in [-0.25, -0.2) is 4.98 Å². The molecule has 82 valence electrons. The number of pyridine rings is 1. The minimum absolute atomic E-state index is 0.643. The second-order valence-electron chi connectivity index (χ2n) is 4.30. The molecule has 2 rings (SSSR count). The van der Waals surface area contributed by atoms with E-state index in [0.717, 1.165) is 24.6 Å². The van der Waals surface area contributed by atoms with E-state index in [9.17, 15) is 0 Å². The molecule has 1 aliphatic rings. The van der Waals surface area contributed by atoms with Crippen molar-refractivity contribution in [1.29, 1.82) is 0 Å². The molecule has 1 saturated heterocycles. The number of likely N-dealkylation sites (N-methyl/N-ethyl adjacent to an activating group) is 1. The van der Waals surface area contributed by atoms with E-state index in [-0.39, 0.29) is 0 Å². The zero-order chi connectivity index (χ0) is 10.8. The summed E-state index contributed by atoms with van der Waals surface area (Å²) in [6.07, 6.45) is 2.93. The minimum atomic E-state index is 0.643. The molecule has 0 bridgehead atoms. The topological polar surface area (TPSA) is 45.4 Å². The molecule has 0 saturated carbocycles. The molecule has 0 radical (unpaired) electrons. The molecule has 1 aromatic heterocycles. The normalized spacial score (nSPS) is 21.3. The maximum atomic E-state index is 5.61. The number of rotatable bonds is 2. The summed E-state index contributed by atoms with van der Waals surface area (Å²) >= 11 is 0. The van der Waals surface area contributed by atoms with Crippen molar-refractivity contribution < 1.29 is 0 Å². The van der Waals surface area contributed by atoms with Crippen molar-refractivity contribution in [3.8, 4) is 0 Å². The van der Waals surface area contributed by atoms with Crippen molar-refractivity contribution in [3.63, 3.8) is 0 Å². The lowest BCUT2D eigenvalue weighted by molar-refractivity contribution is 0.315. The van der Waals surface area contributed by atoms with E-state index in [4.69, 9.17) is 5.73 Å². The van der Waals surface area contributed by atoms with Gasteiger partial charge in [0, 0.05) is 19.1 Å². The first-order chi connectivity index (χ1) is 7.16. The van der Waals surface area contributed by atoms with Gasteiger partial charge in [-0.05, 0) is 32.6 Å². The van der Waals surface area contributed by atoms with E-state index in [2.05, 4.69) is 28.9 Å². The van der Waals surface area contributed by atoms with Gasteiger partial charge in [-0.2, -0.15) is 0 Å². The number of hydrogen-bond acceptors (Lipinski definition) is 4. The van der Waals surface area contributed by atoms with Gasteiger partial charge >= 0.3 is 0 Å². The smallest absolute Gasteiger partial charge is 0.128 e. The molecule has 0 aromatic carbocycles. The highest BCUT2D eigenvalue weighted by Gasteiger charge is 2.24. The molecule has 1 aromatic rings. The van der Waals surface area contributed by atoms with Crippen molar-refractivity contribution in [2.75, 3.05) is 37.8 Å². The third-order valence-electron chi connectivity index (χ3n) is 2.99. The van der Waals surface area contributed by atoms with Crippen LogP contribution in [0.25, 0.3) is 0 Å². The second kappa shape index (κ2) is 4.06. The van der Waals surface area contributed by atoms with Crippen LogP contribution in [0.4, 0.5) is 11.5 Å². The standard InChI is InChI=1S/C11H18N4/c1-14(2)10-5-6-15(8-10)11-4-3-9(12)7-13-11/h3-4,7,10H,5-6,8,12H2,1-2H3/t10-/m1/s1. The van der Waals surface area contributed by atoms with Crippen molar-refractivity contribution in [1.82, 2.24) is 9.88 Å². The fraction of sp³-hybridized carbons (Fsp3) is 0.545. The zero-order valence-corrected chi connectivity index (χ0v) is 9.35. The van der Waals surface area contributed by atoms with Gasteiger partial charge in [0.2, 0.25) is 0 Å². The Balaban J connectivity index is 2.04. The lowest BCUT2D eigenvalue weighted by atomic mass is 10.2. The molecular formula is C11H18N4. The summed E-state index contributed by atoms with van der Waals surface area (Å²) < 4.78 is 0. The van der Waals surface area contributed by atoms with Crippen LogP contribution in [0.15, 0.2) is 18.3 Å². The number of aromatic nitrogens is 1. The van der Waals surface area contributed by atoms with E-state index < -0.39 is 0 Å². The lowest BCUT2D eigenvalue weighted by Crippen LogP contribution is -2.31. The lowest BCUT2D eigenvalue weighted by Gasteiger charge is -2.20. The van der Waals surface area contributed by atoms with Crippen LogP contribution in [-0.2, 0) is 0 Å². The van der Waals surface area contributed by atoms with Gasteiger partial charge < -0.3 is 15.5 Å². The van der Waals surface area contributed by atoms with Crippen LogP contribution < -0.4 is 10.6 Å². The Kier molecular flexibility index (Phi) is 2.77. The molecule has 2 N–H and O–H groups in total. The first-order valence-electron chi connectivity index (χ1n) is 5.30. The molecule has 0 aliphatic carbocycles. The van der Waals surface area contributed by atoms with E-state index >= 15 is 0 Å². The summed E-state index contributed by atoms with van der Waals surface area (Å²) in [7, 11) is 4.26. The number of nitrogens with two attached hydrogens (primary N) is 1. The molecule has 1 aliphatic heterocycles. The highest BCUT2D eigenvalue weighted by atomic mass is 15.3. The van der Waals surface area contributed by atoms with Crippen LogP contribution >= 0.6 is 0 Å². The predicted octanol–water partition coefficient (Wildman–Crippen LogP) is 0.804. The maximum absolute atomic E-state index is 5.61. The molecule has 4 heteroatoms. The Morgan fingerprint density at radius 2 is 2.27 bits per heavy atom. The molecule has 15 heavy (non-hydrogen) atoms. The number of anilines is 2. The largest absolute Gasteiger partial charge is 0.397 e. The second-order valence-corrected chi connectivity index (χ2v) is 4.30. The van der Waals surface area contributed by atoms with Gasteiger partial charge in [0.1, 0.15) is 5.82 Å². The summed E-state index contributed by atoms with van der Waals surface area (Å²) in [5, 5.41) is 0. The molecule has 1 atom stereocenters. The van der Waals surface area contributed by atoms with E-state index in [1.54, 1.807) is 6.20 Å². The van der Waals surface area contributed by atoms with Crippen LogP contribution in [0.5, 0.6) is 0 Å². The Morgan fingerprint density at radius 3 is 2.80 bits per heavy atom. The SMILES string of the molecule is CN(C)[C@@H]1CCN(c2ccc(N)cn2)C1. The first kappa shape index (κ1) is 10.2. The van der Waals surface area contributed by atoms with Gasteiger partial charge in [-0.1, -0.05) is 0 Å². The average Bonchev–Trinajstić information content (AvgIpc) is 2.68. The minimum Gasteiger partial charge on any atom is -0.397 e. The van der Waals surface area contributed by atoms with Crippen LogP contribution in [0.1, 0.15) is 6.42 Å². The molecule has 0 unspecified atom stereocenters. The van der Waals surface area contributed by atoms with E-state index in [1.165, 1.54) is 6.42 Å². The van der Waals surface area contributed by atoms with Gasteiger partial charge in [0.05, 0.1) is 11.9 Å². The fourth-order valence-corrected chi connectivity index (χ4v) is 1.96. The summed E-state index contributed by atoms with van der Waals surface area (Å²) in [6, 6.07) is 4.54. The monoisotopic (exact) mass is 206 g/mol. The Bertz CT molecular complexity index is 320. The highest BCUT2D eigenvalue weighted by Crippen LogP contribution is 2.20. The van der Waals surface area contributed by atoms with Crippen LogP contribution in [0.2, 0.25) is 0 Å². The molecule has 0 amide bonds. The van der Waals surface area contributed by atoms with Crippen molar-refractivity contribution >= 4 is 11.5 Å². The third-order valence-corrected chi connectivity index (χ3v) is 2.99. The Morgan fingerprint density at radius 1 is 1.47 bits per heavy atom. The first-order valence-corrected chi connectivity index (χ1v) is 5.30. The van der Waals surface area contributed by atoms with Gasteiger partial charge in [0.25, 0.3) is 0 Å². The number of hydrogen-bond donors (Lipinski definition) is 1. The summed E-state index contributed by atoms with van der Waals surface area (Å²) in [6.45, 7) is 2.14. The molecule has 1 fully saturated rings. The van der Waals surface area contributed by atoms with Crippen molar-refractivity contribution in [2.45, 2.75) is 12.5 Å². The number of nitrogens with zero attached hydrogens (tertiary/aromatic N) is 3. The maximum Gasteiger partial charge on any atom is 0.128 e. The molecule has 2 heterocycles. The van der Waals surface area contributed by atoms with Crippen LogP contribution in [0, 0.1) is 0 Å². The third kappa shape index (κ3) is 2.21. The van der Waals surface area contributed by atoms with Gasteiger partial charge in [-0.3, -0.25) is 0 Å². The fourth-order valence-electron chi connectivity index (χ4n) is 1.96. The molecular weight excluding hydrogens is 188 g/mol. The van der Waals surface area contributed by atoms with E-state index in [1.807, 2.05) is 12.1 Å². The predicted molar refractivity (Wildman–Crippen MR) is 63.0 cm³/mol. The quantitative estimate of drug-likeness (QED) is 0.777. The zero-order valence-electron chi connectivity index (χ0n) is 9.35. The Labute approximate surface area is 90.7 Å². The van der Waals surface area contributed by atoms with Crippen molar-refractivity contribution in [3.05, 3.63) is 18.3 Å². The highest BCUT2D eigenvalue weighted by molar-refractivity contribution is 5.46. The summed E-state index contributed by atoms with van der Waals surface area (Å²) in [4.78, 5) is 8.92. The van der Waals surface area contributed by atoms with Gasteiger partial charge in [-0.15, -0.1) is 0 Å². The van der Waals surface area contributed by atoms with E-state index in [0.29, 0.717) is 6.04 Å². The summed E-state index contributed by atoms with van der Waals surface area (Å²) in [5.74, 6) is 1.04. The summed E-state index contributed by atoms with van der Waals surface area (Å²) in [5.41, 5.74) is 6.34.